The summed E-state index contributed by atoms with van der Waals surface area (Å²) in [6.45, 7) is 1.84. The molecule has 0 amide bonds. The minimum absolute atomic E-state index is 0.0193. The third-order valence-electron chi connectivity index (χ3n) is 2.46. The highest BCUT2D eigenvalue weighted by molar-refractivity contribution is 7.94. The van der Waals surface area contributed by atoms with Crippen LogP contribution >= 0.6 is 0 Å². The van der Waals surface area contributed by atoms with Crippen molar-refractivity contribution >= 4 is 20.0 Å². The molecule has 0 saturated heterocycles. The molecule has 1 aromatic carbocycles. The van der Waals surface area contributed by atoms with Crippen molar-refractivity contribution in [3.05, 3.63) is 41.3 Å². The second-order valence-electron chi connectivity index (χ2n) is 4.06. The highest BCUT2D eigenvalue weighted by Crippen LogP contribution is 2.19. The predicted octanol–water partition coefficient (Wildman–Crippen LogP) is 1.01. The molecule has 1 aliphatic rings. The summed E-state index contributed by atoms with van der Waals surface area (Å²) in [7, 11) is -7.25. The van der Waals surface area contributed by atoms with Gasteiger partial charge in [0.2, 0.25) is 0 Å². The van der Waals surface area contributed by atoms with Crippen LogP contribution in [0.25, 0.3) is 0 Å². The van der Waals surface area contributed by atoms with Crippen molar-refractivity contribution in [2.75, 3.05) is 5.75 Å². The summed E-state index contributed by atoms with van der Waals surface area (Å²) in [4.78, 5) is 0.0193. The maximum absolute atomic E-state index is 11.9. The fraction of sp³-hybridized carbons (Fsp3) is 0.273. The summed E-state index contributed by atoms with van der Waals surface area (Å²) < 4.78 is 50.9. The van der Waals surface area contributed by atoms with Crippen LogP contribution in [0.3, 0.4) is 0 Å². The number of hydrogen-bond acceptors (Lipinski definition) is 5. The van der Waals surface area contributed by atoms with Gasteiger partial charge in [-0.15, -0.1) is 0 Å². The molecular weight excluding hydrogens is 276 g/mol. The molecule has 1 aromatic rings. The lowest BCUT2D eigenvalue weighted by Gasteiger charge is -2.09. The zero-order valence-electron chi connectivity index (χ0n) is 9.61. The lowest BCUT2D eigenvalue weighted by Crippen LogP contribution is -2.20. The molecule has 0 N–H and O–H groups in total. The SMILES string of the molecule is Cc1ccc(S(=O)(=O)OC2C=CS(=O)(=O)C2)cc1. The molecule has 0 bridgehead atoms. The molecule has 18 heavy (non-hydrogen) atoms. The standard InChI is InChI=1S/C11H12O5S2/c1-9-2-4-11(5-3-9)18(14,15)16-10-6-7-17(12,13)8-10/h2-7,10H,8H2,1H3. The van der Waals surface area contributed by atoms with Gasteiger partial charge in [0.1, 0.15) is 6.10 Å². The molecule has 1 aliphatic heterocycles. The second-order valence-corrected chi connectivity index (χ2v) is 7.56. The van der Waals surface area contributed by atoms with Gasteiger partial charge in [0.05, 0.1) is 10.6 Å². The molecule has 0 spiro atoms. The van der Waals surface area contributed by atoms with Crippen molar-refractivity contribution in [2.45, 2.75) is 17.9 Å². The van der Waals surface area contributed by atoms with Crippen LogP contribution in [0.5, 0.6) is 0 Å². The lowest BCUT2D eigenvalue weighted by molar-refractivity contribution is 0.279. The summed E-state index contributed by atoms with van der Waals surface area (Å²) in [6.07, 6.45) is 0.294. The summed E-state index contributed by atoms with van der Waals surface area (Å²) >= 11 is 0. The molecule has 1 atom stereocenters. The third-order valence-corrected chi connectivity index (χ3v) is 5.17. The van der Waals surface area contributed by atoms with Gasteiger partial charge in [0.15, 0.2) is 9.84 Å². The number of hydrogen-bond donors (Lipinski definition) is 0. The Balaban J connectivity index is 2.19. The van der Waals surface area contributed by atoms with Gasteiger partial charge >= 0.3 is 0 Å². The van der Waals surface area contributed by atoms with E-state index in [1.54, 1.807) is 12.1 Å². The largest absolute Gasteiger partial charge is 0.297 e. The molecule has 7 heteroatoms. The molecule has 2 rings (SSSR count). The fourth-order valence-corrected chi connectivity index (χ4v) is 3.82. The summed E-state index contributed by atoms with van der Waals surface area (Å²) in [5.74, 6) is -0.335. The molecule has 0 aliphatic carbocycles. The van der Waals surface area contributed by atoms with E-state index in [-0.39, 0.29) is 10.6 Å². The Morgan fingerprint density at radius 2 is 1.83 bits per heavy atom. The Morgan fingerprint density at radius 3 is 2.33 bits per heavy atom. The van der Waals surface area contributed by atoms with E-state index >= 15 is 0 Å². The van der Waals surface area contributed by atoms with Gasteiger partial charge in [-0.2, -0.15) is 8.42 Å². The maximum Gasteiger partial charge on any atom is 0.297 e. The summed E-state index contributed by atoms with van der Waals surface area (Å²) in [6, 6.07) is 6.16. The Kier molecular flexibility index (Phi) is 3.31. The quantitative estimate of drug-likeness (QED) is 0.776. The zero-order valence-corrected chi connectivity index (χ0v) is 11.2. The van der Waals surface area contributed by atoms with E-state index < -0.39 is 26.1 Å². The molecule has 1 heterocycles. The Labute approximate surface area is 106 Å². The van der Waals surface area contributed by atoms with Crippen LogP contribution in [0.4, 0.5) is 0 Å². The lowest BCUT2D eigenvalue weighted by atomic mass is 10.2. The van der Waals surface area contributed by atoms with Crippen molar-refractivity contribution in [3.63, 3.8) is 0 Å². The van der Waals surface area contributed by atoms with Gasteiger partial charge in [0.25, 0.3) is 10.1 Å². The fourth-order valence-electron chi connectivity index (χ4n) is 1.53. The van der Waals surface area contributed by atoms with Crippen LogP contribution in [-0.4, -0.2) is 28.7 Å². The summed E-state index contributed by atoms with van der Waals surface area (Å²) in [5.41, 5.74) is 0.928. The number of sulfone groups is 1. The van der Waals surface area contributed by atoms with Crippen LogP contribution in [0.2, 0.25) is 0 Å². The minimum Gasteiger partial charge on any atom is -0.258 e. The van der Waals surface area contributed by atoms with E-state index in [0.29, 0.717) is 0 Å². The smallest absolute Gasteiger partial charge is 0.258 e. The van der Waals surface area contributed by atoms with E-state index in [9.17, 15) is 16.8 Å². The van der Waals surface area contributed by atoms with E-state index in [1.807, 2.05) is 6.92 Å². The van der Waals surface area contributed by atoms with Crippen molar-refractivity contribution < 1.29 is 21.0 Å². The molecule has 1 unspecified atom stereocenters. The van der Waals surface area contributed by atoms with Crippen LogP contribution in [0, 0.1) is 6.92 Å². The van der Waals surface area contributed by atoms with Gasteiger partial charge in [-0.05, 0) is 25.1 Å². The Bertz CT molecular complexity index is 669. The van der Waals surface area contributed by atoms with Crippen LogP contribution in [0.1, 0.15) is 5.56 Å². The van der Waals surface area contributed by atoms with Gasteiger partial charge < -0.3 is 0 Å². The van der Waals surface area contributed by atoms with Crippen molar-refractivity contribution in [1.29, 1.82) is 0 Å². The second kappa shape index (κ2) is 4.49. The first-order valence-electron chi connectivity index (χ1n) is 5.19. The van der Waals surface area contributed by atoms with Crippen LogP contribution in [-0.2, 0) is 24.1 Å². The van der Waals surface area contributed by atoms with Gasteiger partial charge in [0, 0.05) is 5.41 Å². The number of benzene rings is 1. The average Bonchev–Trinajstić information content (AvgIpc) is 2.57. The van der Waals surface area contributed by atoms with Gasteiger partial charge in [-0.1, -0.05) is 17.7 Å². The molecule has 98 valence electrons. The molecule has 0 fully saturated rings. The molecule has 0 aromatic heterocycles. The van der Waals surface area contributed by atoms with Crippen LogP contribution in [0.15, 0.2) is 40.6 Å². The number of aryl methyl sites for hydroxylation is 1. The monoisotopic (exact) mass is 288 g/mol. The van der Waals surface area contributed by atoms with Crippen molar-refractivity contribution in [2.24, 2.45) is 0 Å². The Hall–Kier alpha value is -1.18. The maximum atomic E-state index is 11.9. The normalized spacial score (nSPS) is 22.2. The van der Waals surface area contributed by atoms with Crippen molar-refractivity contribution in [1.82, 2.24) is 0 Å². The Morgan fingerprint density at radius 1 is 1.22 bits per heavy atom. The topological polar surface area (TPSA) is 77.5 Å². The van der Waals surface area contributed by atoms with E-state index in [4.69, 9.17) is 4.18 Å². The van der Waals surface area contributed by atoms with E-state index in [0.717, 1.165) is 11.0 Å². The third kappa shape index (κ3) is 2.98. The van der Waals surface area contributed by atoms with E-state index in [1.165, 1.54) is 18.2 Å². The molecule has 0 radical (unpaired) electrons. The van der Waals surface area contributed by atoms with Gasteiger partial charge in [-0.25, -0.2) is 8.42 Å². The zero-order chi connectivity index (χ0) is 13.4. The molecular formula is C11H12O5S2. The first kappa shape index (κ1) is 13.3. The van der Waals surface area contributed by atoms with Gasteiger partial charge in [-0.3, -0.25) is 4.18 Å². The minimum atomic E-state index is -3.93. The highest BCUT2D eigenvalue weighted by atomic mass is 32.2. The highest BCUT2D eigenvalue weighted by Gasteiger charge is 2.28. The molecule has 0 saturated carbocycles. The first-order chi connectivity index (χ1) is 8.28. The summed E-state index contributed by atoms with van der Waals surface area (Å²) in [5, 5.41) is 0.975. The molecule has 5 nitrogen and oxygen atoms in total. The first-order valence-corrected chi connectivity index (χ1v) is 8.32. The number of rotatable bonds is 3. The average molecular weight is 288 g/mol. The predicted molar refractivity (Wildman–Crippen MR) is 66.2 cm³/mol. The van der Waals surface area contributed by atoms with E-state index in [2.05, 4.69) is 0 Å². The van der Waals surface area contributed by atoms with Crippen molar-refractivity contribution in [3.8, 4) is 0 Å². The van der Waals surface area contributed by atoms with Crippen LogP contribution < -0.4 is 0 Å².